The van der Waals surface area contributed by atoms with E-state index in [2.05, 4.69) is 9.55 Å². The molecule has 0 aliphatic heterocycles. The average Bonchev–Trinajstić information content (AvgIpc) is 2.99. The lowest BCUT2D eigenvalue weighted by Gasteiger charge is -2.17. The molecule has 29 heavy (non-hydrogen) atoms. The van der Waals surface area contributed by atoms with Crippen LogP contribution in [0.1, 0.15) is 45.1 Å². The van der Waals surface area contributed by atoms with Gasteiger partial charge in [0.2, 0.25) is 5.78 Å². The van der Waals surface area contributed by atoms with Gasteiger partial charge in [0.25, 0.3) is 0 Å². The number of aromatic nitrogens is 2. The number of nitrogens with zero attached hydrogens (tertiary/aromatic N) is 2. The first-order chi connectivity index (χ1) is 13.8. The number of aryl methyl sites for hydroxylation is 1. The molecule has 152 valence electrons. The van der Waals surface area contributed by atoms with Gasteiger partial charge < -0.3 is 14.0 Å². The maximum absolute atomic E-state index is 12.7. The quantitative estimate of drug-likeness (QED) is 0.322. The largest absolute Gasteiger partial charge is 0.454 e. The van der Waals surface area contributed by atoms with Crippen LogP contribution in [0.2, 0.25) is 5.15 Å². The van der Waals surface area contributed by atoms with Gasteiger partial charge in [-0.15, -0.1) is 0 Å². The van der Waals surface area contributed by atoms with Crippen molar-refractivity contribution in [3.05, 3.63) is 64.1 Å². The van der Waals surface area contributed by atoms with E-state index in [-0.39, 0.29) is 29.1 Å². The van der Waals surface area contributed by atoms with Crippen molar-refractivity contribution in [2.24, 2.45) is 0 Å². The number of benzene rings is 1. The van der Waals surface area contributed by atoms with Crippen LogP contribution in [0.15, 0.2) is 36.4 Å². The van der Waals surface area contributed by atoms with E-state index in [1.165, 1.54) is 6.07 Å². The van der Waals surface area contributed by atoms with Crippen LogP contribution in [0.4, 0.5) is 0 Å². The smallest absolute Gasteiger partial charge is 0.339 e. The predicted octanol–water partition coefficient (Wildman–Crippen LogP) is 4.55. The molecule has 0 saturated heterocycles. The highest BCUT2D eigenvalue weighted by Crippen LogP contribution is 2.23. The summed E-state index contributed by atoms with van der Waals surface area (Å²) in [5, 5.41) is 0.818. The molecule has 0 aliphatic rings. The molecule has 1 aromatic carbocycles. The van der Waals surface area contributed by atoms with Gasteiger partial charge in [-0.2, -0.15) is 0 Å². The molecule has 0 unspecified atom stereocenters. The number of rotatable bonds is 7. The van der Waals surface area contributed by atoms with E-state index in [9.17, 15) is 9.59 Å². The summed E-state index contributed by atoms with van der Waals surface area (Å²) >= 11 is 6.02. The second kappa shape index (κ2) is 8.76. The number of ketones is 1. The van der Waals surface area contributed by atoms with E-state index < -0.39 is 5.97 Å². The van der Waals surface area contributed by atoms with E-state index in [1.54, 1.807) is 25.3 Å². The number of carbonyl (C=O) groups is 2. The van der Waals surface area contributed by atoms with E-state index in [0.717, 1.165) is 11.4 Å². The van der Waals surface area contributed by atoms with Gasteiger partial charge in [-0.25, -0.2) is 9.78 Å². The van der Waals surface area contributed by atoms with Gasteiger partial charge in [0.15, 0.2) is 6.61 Å². The van der Waals surface area contributed by atoms with Crippen LogP contribution in [-0.4, -0.2) is 41.6 Å². The number of para-hydroxylation sites is 1. The SMILES string of the molecule is COC[C@@H](C)n1c(C)cc(C(=O)COC(=O)c2cc(Cl)nc3ccccc23)c1C. The van der Waals surface area contributed by atoms with Crippen molar-refractivity contribution in [1.29, 1.82) is 0 Å². The highest BCUT2D eigenvalue weighted by atomic mass is 35.5. The summed E-state index contributed by atoms with van der Waals surface area (Å²) in [5.74, 6) is -0.868. The molecule has 0 radical (unpaired) electrons. The number of Topliss-reactive ketones (excluding diaryl/α,β-unsaturated/α-hetero) is 1. The van der Waals surface area contributed by atoms with Crippen LogP contribution in [0.3, 0.4) is 0 Å². The number of hydrogen-bond acceptors (Lipinski definition) is 5. The Kier molecular flexibility index (Phi) is 6.35. The third kappa shape index (κ3) is 4.33. The van der Waals surface area contributed by atoms with Crippen molar-refractivity contribution < 1.29 is 19.1 Å². The first-order valence-corrected chi connectivity index (χ1v) is 9.64. The van der Waals surface area contributed by atoms with Crippen molar-refractivity contribution >= 4 is 34.3 Å². The summed E-state index contributed by atoms with van der Waals surface area (Å²) in [5.41, 5.74) is 3.19. The summed E-state index contributed by atoms with van der Waals surface area (Å²) < 4.78 is 12.6. The van der Waals surface area contributed by atoms with Crippen molar-refractivity contribution in [2.75, 3.05) is 20.3 Å². The molecule has 0 fully saturated rings. The molecular weight excluding hydrogens is 392 g/mol. The summed E-state index contributed by atoms with van der Waals surface area (Å²) in [7, 11) is 1.64. The minimum Gasteiger partial charge on any atom is -0.454 e. The van der Waals surface area contributed by atoms with Gasteiger partial charge in [0, 0.05) is 29.4 Å². The fourth-order valence-corrected chi connectivity index (χ4v) is 3.85. The number of esters is 1. The average molecular weight is 415 g/mol. The Balaban J connectivity index is 1.78. The third-order valence-corrected chi connectivity index (χ3v) is 5.07. The molecular formula is C22H23ClN2O4. The standard InChI is InChI=1S/C22H23ClN2O4/c1-13-9-17(15(3)25(13)14(2)11-28-4)20(26)12-29-22(27)18-10-21(23)24-19-8-6-5-7-16(18)19/h5-10,14H,11-12H2,1-4H3/t14-/m1/s1. The highest BCUT2D eigenvalue weighted by molar-refractivity contribution is 6.30. The summed E-state index contributed by atoms with van der Waals surface area (Å²) in [6.07, 6.45) is 0. The lowest BCUT2D eigenvalue weighted by atomic mass is 10.1. The zero-order chi connectivity index (χ0) is 21.1. The maximum atomic E-state index is 12.7. The van der Waals surface area contributed by atoms with Crippen LogP contribution in [0.25, 0.3) is 10.9 Å². The predicted molar refractivity (Wildman–Crippen MR) is 112 cm³/mol. The molecule has 3 rings (SSSR count). The van der Waals surface area contributed by atoms with Crippen molar-refractivity contribution in [1.82, 2.24) is 9.55 Å². The second-order valence-corrected chi connectivity index (χ2v) is 7.36. The Morgan fingerprint density at radius 1 is 1.17 bits per heavy atom. The lowest BCUT2D eigenvalue weighted by Crippen LogP contribution is -2.17. The van der Waals surface area contributed by atoms with Gasteiger partial charge in [-0.1, -0.05) is 29.8 Å². The Bertz CT molecular complexity index is 1070. The summed E-state index contributed by atoms with van der Waals surface area (Å²) in [4.78, 5) is 29.5. The zero-order valence-corrected chi connectivity index (χ0v) is 17.6. The minimum absolute atomic E-state index is 0.0921. The fourth-order valence-electron chi connectivity index (χ4n) is 3.65. The lowest BCUT2D eigenvalue weighted by molar-refractivity contribution is 0.0476. The first-order valence-electron chi connectivity index (χ1n) is 9.26. The molecule has 6 nitrogen and oxygen atoms in total. The Morgan fingerprint density at radius 3 is 2.62 bits per heavy atom. The topological polar surface area (TPSA) is 70.4 Å². The normalized spacial score (nSPS) is 12.2. The Morgan fingerprint density at radius 2 is 1.90 bits per heavy atom. The fraction of sp³-hybridized carbons (Fsp3) is 0.318. The molecule has 0 N–H and O–H groups in total. The monoisotopic (exact) mass is 414 g/mol. The highest BCUT2D eigenvalue weighted by Gasteiger charge is 2.21. The molecule has 2 heterocycles. The minimum atomic E-state index is -0.611. The van der Waals surface area contributed by atoms with Crippen LogP contribution < -0.4 is 0 Å². The van der Waals surface area contributed by atoms with Gasteiger partial charge in [0.05, 0.1) is 23.7 Å². The summed E-state index contributed by atoms with van der Waals surface area (Å²) in [6.45, 7) is 6.03. The number of pyridine rings is 1. The molecule has 0 aliphatic carbocycles. The summed E-state index contributed by atoms with van der Waals surface area (Å²) in [6, 6.07) is 10.5. The number of methoxy groups -OCH3 is 1. The van der Waals surface area contributed by atoms with Gasteiger partial charge in [-0.05, 0) is 39.0 Å². The van der Waals surface area contributed by atoms with E-state index in [0.29, 0.717) is 23.1 Å². The molecule has 0 saturated carbocycles. The number of carbonyl (C=O) groups excluding carboxylic acids is 2. The Hall–Kier alpha value is -2.70. The Labute approximate surface area is 174 Å². The van der Waals surface area contributed by atoms with E-state index >= 15 is 0 Å². The molecule has 0 bridgehead atoms. The molecule has 2 aromatic heterocycles. The maximum Gasteiger partial charge on any atom is 0.339 e. The van der Waals surface area contributed by atoms with Gasteiger partial charge in [-0.3, -0.25) is 4.79 Å². The number of halogens is 1. The second-order valence-electron chi connectivity index (χ2n) is 6.97. The third-order valence-electron chi connectivity index (χ3n) is 4.87. The number of hydrogen-bond donors (Lipinski definition) is 0. The number of fused-ring (bicyclic) bond motifs is 1. The van der Waals surface area contributed by atoms with Crippen LogP contribution in [-0.2, 0) is 9.47 Å². The molecule has 1 atom stereocenters. The molecule has 0 spiro atoms. The van der Waals surface area contributed by atoms with Crippen LogP contribution >= 0.6 is 11.6 Å². The van der Waals surface area contributed by atoms with Gasteiger partial charge >= 0.3 is 5.97 Å². The molecule has 3 aromatic rings. The van der Waals surface area contributed by atoms with E-state index in [1.807, 2.05) is 32.9 Å². The number of ether oxygens (including phenoxy) is 2. The molecule has 0 amide bonds. The zero-order valence-electron chi connectivity index (χ0n) is 16.9. The first kappa shape index (κ1) is 21.0. The van der Waals surface area contributed by atoms with Crippen molar-refractivity contribution in [3.8, 4) is 0 Å². The van der Waals surface area contributed by atoms with Crippen molar-refractivity contribution in [2.45, 2.75) is 26.8 Å². The van der Waals surface area contributed by atoms with E-state index in [4.69, 9.17) is 21.1 Å². The molecule has 7 heteroatoms. The van der Waals surface area contributed by atoms with Crippen molar-refractivity contribution in [3.63, 3.8) is 0 Å². The van der Waals surface area contributed by atoms with Crippen LogP contribution in [0.5, 0.6) is 0 Å². The van der Waals surface area contributed by atoms with Gasteiger partial charge in [0.1, 0.15) is 5.15 Å². The van der Waals surface area contributed by atoms with Crippen LogP contribution in [0, 0.1) is 13.8 Å².